The number of hydrogen-bond donors (Lipinski definition) is 0. The van der Waals surface area contributed by atoms with Crippen LogP contribution in [0.3, 0.4) is 0 Å². The predicted octanol–water partition coefficient (Wildman–Crippen LogP) is 0.798. The third-order valence-corrected chi connectivity index (χ3v) is 4.75. The van der Waals surface area contributed by atoms with Crippen molar-refractivity contribution in [3.05, 3.63) is 0 Å². The number of hydrogen-bond acceptors (Lipinski definition) is 9. The Labute approximate surface area is 172 Å². The summed E-state index contributed by atoms with van der Waals surface area (Å²) in [6, 6.07) is 0. The fourth-order valence-electron chi connectivity index (χ4n) is 2.40. The topological polar surface area (TPSA) is 114 Å². The standard InChI is InChI=1S/C18H27O9Se/c1-5-11(19)23-9-10-15(25-12(20)6-2)16(26-13(21)7-3)17(18(28)24-10)27-14(22)8-4/h10,15-18H,5-9H2,1-4H3. The van der Waals surface area contributed by atoms with Crippen molar-refractivity contribution in [2.24, 2.45) is 0 Å². The van der Waals surface area contributed by atoms with E-state index in [1.807, 2.05) is 0 Å². The third kappa shape index (κ3) is 7.07. The fourth-order valence-corrected chi connectivity index (χ4v) is 3.14. The molecule has 1 saturated heterocycles. The number of ether oxygens (including phenoxy) is 5. The van der Waals surface area contributed by atoms with Gasteiger partial charge in [0.15, 0.2) is 0 Å². The van der Waals surface area contributed by atoms with Crippen LogP contribution in [0.4, 0.5) is 0 Å². The van der Waals surface area contributed by atoms with Crippen LogP contribution < -0.4 is 0 Å². The van der Waals surface area contributed by atoms with Gasteiger partial charge in [0, 0.05) is 0 Å². The summed E-state index contributed by atoms with van der Waals surface area (Å²) in [5.41, 5.74) is 0. The Morgan fingerprint density at radius 2 is 1.14 bits per heavy atom. The first-order valence-corrected chi connectivity index (χ1v) is 10.3. The first kappa shape index (κ1) is 24.4. The molecule has 28 heavy (non-hydrogen) atoms. The molecule has 1 radical (unpaired) electrons. The van der Waals surface area contributed by atoms with Gasteiger partial charge in [-0.25, -0.2) is 0 Å². The zero-order valence-corrected chi connectivity index (χ0v) is 18.2. The Balaban J connectivity index is 3.17. The molecule has 0 aromatic heterocycles. The van der Waals surface area contributed by atoms with E-state index in [0.717, 1.165) is 0 Å². The zero-order valence-electron chi connectivity index (χ0n) is 16.5. The molecule has 1 rings (SSSR count). The normalized spacial score (nSPS) is 26.8. The van der Waals surface area contributed by atoms with Crippen molar-refractivity contribution in [2.75, 3.05) is 6.61 Å². The van der Waals surface area contributed by atoms with Crippen molar-refractivity contribution >= 4 is 39.9 Å². The van der Waals surface area contributed by atoms with Crippen molar-refractivity contribution in [3.63, 3.8) is 0 Å². The van der Waals surface area contributed by atoms with E-state index >= 15 is 0 Å². The molecule has 1 aliphatic rings. The van der Waals surface area contributed by atoms with E-state index in [1.54, 1.807) is 27.7 Å². The SMILES string of the molecule is CCC(=O)OCC1OC([Se])C(OC(=O)CC)C(OC(=O)CC)C1OC(=O)CC. The summed E-state index contributed by atoms with van der Waals surface area (Å²) in [5, 5.41) is -0.799. The first-order chi connectivity index (χ1) is 13.3. The molecule has 0 bridgehead atoms. The summed E-state index contributed by atoms with van der Waals surface area (Å²) in [4.78, 5) is 47.3. The summed E-state index contributed by atoms with van der Waals surface area (Å²) in [6.45, 7) is 6.27. The van der Waals surface area contributed by atoms with Gasteiger partial charge in [-0.05, 0) is 0 Å². The molecule has 0 N–H and O–H groups in total. The van der Waals surface area contributed by atoms with Gasteiger partial charge in [0.05, 0.1) is 0 Å². The Hall–Kier alpha value is -1.64. The van der Waals surface area contributed by atoms with Gasteiger partial charge in [0.25, 0.3) is 0 Å². The van der Waals surface area contributed by atoms with Gasteiger partial charge in [0.1, 0.15) is 0 Å². The van der Waals surface area contributed by atoms with E-state index in [1.165, 1.54) is 0 Å². The molecule has 0 aliphatic carbocycles. The van der Waals surface area contributed by atoms with Crippen LogP contribution in [0.15, 0.2) is 0 Å². The van der Waals surface area contributed by atoms with Crippen molar-refractivity contribution in [2.45, 2.75) is 82.8 Å². The Morgan fingerprint density at radius 1 is 0.714 bits per heavy atom. The van der Waals surface area contributed by atoms with E-state index < -0.39 is 53.3 Å². The van der Waals surface area contributed by atoms with Crippen LogP contribution in [0.5, 0.6) is 0 Å². The summed E-state index contributed by atoms with van der Waals surface area (Å²) in [7, 11) is 0. The Kier molecular flexibility index (Phi) is 10.5. The molecule has 9 nitrogen and oxygen atoms in total. The van der Waals surface area contributed by atoms with E-state index in [9.17, 15) is 19.2 Å². The molecular formula is C18H27O9Se. The Morgan fingerprint density at radius 3 is 1.61 bits per heavy atom. The molecule has 0 amide bonds. The van der Waals surface area contributed by atoms with Crippen molar-refractivity contribution in [1.29, 1.82) is 0 Å². The van der Waals surface area contributed by atoms with Gasteiger partial charge in [-0.3, -0.25) is 0 Å². The van der Waals surface area contributed by atoms with E-state index in [0.29, 0.717) is 0 Å². The van der Waals surface area contributed by atoms with Crippen LogP contribution in [0.2, 0.25) is 0 Å². The zero-order chi connectivity index (χ0) is 21.3. The van der Waals surface area contributed by atoms with Gasteiger partial charge in [-0.15, -0.1) is 0 Å². The number of rotatable bonds is 9. The van der Waals surface area contributed by atoms with E-state index in [2.05, 4.69) is 16.0 Å². The molecule has 10 heteroatoms. The van der Waals surface area contributed by atoms with Crippen LogP contribution in [-0.4, -0.2) is 75.9 Å². The van der Waals surface area contributed by atoms with Gasteiger partial charge in [-0.1, -0.05) is 0 Å². The summed E-state index contributed by atoms with van der Waals surface area (Å²) in [6.07, 6.45) is -3.70. The molecular weight excluding hydrogens is 439 g/mol. The second-order valence-corrected chi connectivity index (χ2v) is 6.98. The van der Waals surface area contributed by atoms with Crippen LogP contribution in [0.25, 0.3) is 0 Å². The molecule has 0 aromatic carbocycles. The minimum absolute atomic E-state index is 0.0769. The van der Waals surface area contributed by atoms with Crippen LogP contribution >= 0.6 is 0 Å². The minimum atomic E-state index is -1.11. The third-order valence-electron chi connectivity index (χ3n) is 3.96. The van der Waals surface area contributed by atoms with E-state index in [-0.39, 0.29) is 32.3 Å². The maximum absolute atomic E-state index is 12.0. The van der Waals surface area contributed by atoms with Gasteiger partial charge < -0.3 is 0 Å². The van der Waals surface area contributed by atoms with Gasteiger partial charge in [0.2, 0.25) is 0 Å². The molecule has 159 valence electrons. The van der Waals surface area contributed by atoms with E-state index in [4.69, 9.17) is 23.7 Å². The average molecular weight is 466 g/mol. The van der Waals surface area contributed by atoms with Crippen LogP contribution in [0.1, 0.15) is 53.4 Å². The van der Waals surface area contributed by atoms with Crippen molar-refractivity contribution < 1.29 is 42.9 Å². The quantitative estimate of drug-likeness (QED) is 0.277. The molecule has 5 unspecified atom stereocenters. The maximum atomic E-state index is 12.0. The predicted molar refractivity (Wildman–Crippen MR) is 96.2 cm³/mol. The van der Waals surface area contributed by atoms with Gasteiger partial charge >= 0.3 is 172 Å². The number of carbonyl (C=O) groups is 4. The summed E-state index contributed by atoms with van der Waals surface area (Å²) >= 11 is 2.73. The molecule has 1 aliphatic heterocycles. The summed E-state index contributed by atoms with van der Waals surface area (Å²) < 4.78 is 27.2. The van der Waals surface area contributed by atoms with Crippen LogP contribution in [-0.2, 0) is 42.9 Å². The van der Waals surface area contributed by atoms with Crippen molar-refractivity contribution in [3.8, 4) is 0 Å². The molecule has 1 heterocycles. The van der Waals surface area contributed by atoms with Crippen molar-refractivity contribution in [1.82, 2.24) is 0 Å². The monoisotopic (exact) mass is 467 g/mol. The second kappa shape index (κ2) is 12.0. The number of esters is 4. The Bertz CT molecular complexity index is 565. The second-order valence-electron chi connectivity index (χ2n) is 6.00. The average Bonchev–Trinajstić information content (AvgIpc) is 2.69. The van der Waals surface area contributed by atoms with Gasteiger partial charge in [-0.2, -0.15) is 0 Å². The fraction of sp³-hybridized carbons (Fsp3) is 0.778. The van der Waals surface area contributed by atoms with Crippen LogP contribution in [0, 0.1) is 0 Å². The molecule has 1 fully saturated rings. The number of carbonyl (C=O) groups excluding carboxylic acids is 4. The molecule has 5 atom stereocenters. The summed E-state index contributed by atoms with van der Waals surface area (Å²) in [5.74, 6) is -2.10. The molecule has 0 aromatic rings. The molecule has 0 spiro atoms. The molecule has 0 saturated carbocycles. The first-order valence-electron chi connectivity index (χ1n) is 9.32.